The van der Waals surface area contributed by atoms with Gasteiger partial charge in [0.25, 0.3) is 0 Å². The first-order chi connectivity index (χ1) is 7.29. The van der Waals surface area contributed by atoms with Gasteiger partial charge in [-0.3, -0.25) is 0 Å². The van der Waals surface area contributed by atoms with Gasteiger partial charge in [0.15, 0.2) is 0 Å². The Labute approximate surface area is 99.1 Å². The van der Waals surface area contributed by atoms with E-state index in [2.05, 4.69) is 59.3 Å². The fourth-order valence-electron chi connectivity index (χ4n) is 1.67. The van der Waals surface area contributed by atoms with E-state index in [0.29, 0.717) is 5.92 Å². The predicted molar refractivity (Wildman–Crippen MR) is 66.9 cm³/mol. The molecule has 1 unspecified atom stereocenters. The highest BCUT2D eigenvalue weighted by Crippen LogP contribution is 2.29. The Hall–Kier alpha value is -1.08. The zero-order valence-corrected chi connectivity index (χ0v) is 10.2. The highest BCUT2D eigenvalue weighted by Gasteiger charge is 2.10. The van der Waals surface area contributed by atoms with Crippen LogP contribution in [0.5, 0.6) is 0 Å². The van der Waals surface area contributed by atoms with Crippen LogP contribution in [0.25, 0.3) is 0 Å². The lowest BCUT2D eigenvalue weighted by molar-refractivity contribution is 0.913. The van der Waals surface area contributed by atoms with Gasteiger partial charge in [0.1, 0.15) is 0 Å². The van der Waals surface area contributed by atoms with Crippen LogP contribution in [0.15, 0.2) is 53.0 Å². The highest BCUT2D eigenvalue weighted by atomic mass is 79.9. The SMILES string of the molecule is CC(c1ccccc1)c1[c]cccc1Br. The molecule has 1 heteroatoms. The molecule has 15 heavy (non-hydrogen) atoms. The molecule has 0 fully saturated rings. The molecule has 0 spiro atoms. The third-order valence-electron chi connectivity index (χ3n) is 2.57. The molecule has 2 aromatic carbocycles. The van der Waals surface area contributed by atoms with E-state index in [0.717, 1.165) is 4.47 Å². The minimum absolute atomic E-state index is 0.377. The van der Waals surface area contributed by atoms with Crippen LogP contribution >= 0.6 is 15.9 Å². The van der Waals surface area contributed by atoms with Crippen LogP contribution in [-0.2, 0) is 0 Å². The zero-order chi connectivity index (χ0) is 10.7. The Balaban J connectivity index is 2.37. The Morgan fingerprint density at radius 1 is 1.07 bits per heavy atom. The number of rotatable bonds is 2. The lowest BCUT2D eigenvalue weighted by Crippen LogP contribution is -1.96. The first kappa shape index (κ1) is 10.4. The monoisotopic (exact) mass is 259 g/mol. The summed E-state index contributed by atoms with van der Waals surface area (Å²) in [6, 6.07) is 19.8. The van der Waals surface area contributed by atoms with Crippen molar-refractivity contribution in [3.63, 3.8) is 0 Å². The summed E-state index contributed by atoms with van der Waals surface area (Å²) < 4.78 is 1.13. The number of hydrogen-bond acceptors (Lipinski definition) is 0. The maximum atomic E-state index is 3.56. The minimum atomic E-state index is 0.377. The van der Waals surface area contributed by atoms with Gasteiger partial charge in [0, 0.05) is 10.4 Å². The van der Waals surface area contributed by atoms with E-state index >= 15 is 0 Å². The van der Waals surface area contributed by atoms with Gasteiger partial charge in [-0.15, -0.1) is 0 Å². The summed E-state index contributed by atoms with van der Waals surface area (Å²) in [4.78, 5) is 0. The molecule has 0 amide bonds. The predicted octanol–water partition coefficient (Wildman–Crippen LogP) is 4.40. The van der Waals surface area contributed by atoms with Crippen LogP contribution in [0.2, 0.25) is 0 Å². The third kappa shape index (κ3) is 2.29. The Morgan fingerprint density at radius 2 is 1.80 bits per heavy atom. The number of hydrogen-bond donors (Lipinski definition) is 0. The average Bonchev–Trinajstić information content (AvgIpc) is 2.30. The van der Waals surface area contributed by atoms with Crippen molar-refractivity contribution in [2.75, 3.05) is 0 Å². The van der Waals surface area contributed by atoms with Gasteiger partial charge in [0.05, 0.1) is 0 Å². The molecule has 0 saturated heterocycles. The molecule has 0 aliphatic rings. The second-order valence-electron chi connectivity index (χ2n) is 3.56. The van der Waals surface area contributed by atoms with Crippen molar-refractivity contribution >= 4 is 15.9 Å². The fourth-order valence-corrected chi connectivity index (χ4v) is 2.28. The van der Waals surface area contributed by atoms with Crippen molar-refractivity contribution in [2.45, 2.75) is 12.8 Å². The summed E-state index contributed by atoms with van der Waals surface area (Å²) in [7, 11) is 0. The molecule has 1 radical (unpaired) electrons. The molecular formula is C14H12Br. The third-order valence-corrected chi connectivity index (χ3v) is 3.26. The van der Waals surface area contributed by atoms with E-state index < -0.39 is 0 Å². The Kier molecular flexibility index (Phi) is 3.22. The molecule has 0 N–H and O–H groups in total. The lowest BCUT2D eigenvalue weighted by atomic mass is 9.93. The molecule has 1 atom stereocenters. The van der Waals surface area contributed by atoms with E-state index in [1.54, 1.807) is 0 Å². The van der Waals surface area contributed by atoms with Gasteiger partial charge < -0.3 is 0 Å². The molecule has 0 heterocycles. The topological polar surface area (TPSA) is 0 Å². The molecule has 0 aromatic heterocycles. The molecule has 2 rings (SSSR count). The lowest BCUT2D eigenvalue weighted by Gasteiger charge is -2.13. The second kappa shape index (κ2) is 4.63. The molecule has 2 aromatic rings. The quantitative estimate of drug-likeness (QED) is 0.750. The van der Waals surface area contributed by atoms with Crippen LogP contribution in [0.1, 0.15) is 24.0 Å². The van der Waals surface area contributed by atoms with Crippen molar-refractivity contribution in [3.05, 3.63) is 70.2 Å². The van der Waals surface area contributed by atoms with E-state index in [1.807, 2.05) is 18.2 Å². The number of halogens is 1. The van der Waals surface area contributed by atoms with Crippen molar-refractivity contribution in [2.24, 2.45) is 0 Å². The van der Waals surface area contributed by atoms with Gasteiger partial charge in [0.2, 0.25) is 0 Å². The van der Waals surface area contributed by atoms with Crippen molar-refractivity contribution in [1.29, 1.82) is 0 Å². The average molecular weight is 260 g/mol. The molecule has 0 aliphatic heterocycles. The minimum Gasteiger partial charge on any atom is -0.0622 e. The summed E-state index contributed by atoms with van der Waals surface area (Å²) in [5.74, 6) is 0.377. The Morgan fingerprint density at radius 3 is 2.47 bits per heavy atom. The summed E-state index contributed by atoms with van der Waals surface area (Å²) in [5.41, 5.74) is 2.53. The van der Waals surface area contributed by atoms with Crippen LogP contribution < -0.4 is 0 Å². The molecule has 0 nitrogen and oxygen atoms in total. The molecule has 0 bridgehead atoms. The summed E-state index contributed by atoms with van der Waals surface area (Å²) in [6.07, 6.45) is 0. The van der Waals surface area contributed by atoms with Gasteiger partial charge in [-0.05, 0) is 23.3 Å². The van der Waals surface area contributed by atoms with E-state index in [4.69, 9.17) is 0 Å². The smallest absolute Gasteiger partial charge is 0.0219 e. The van der Waals surface area contributed by atoms with Gasteiger partial charge in [-0.2, -0.15) is 0 Å². The fraction of sp³-hybridized carbons (Fsp3) is 0.143. The molecule has 0 aliphatic carbocycles. The summed E-state index contributed by atoms with van der Waals surface area (Å²) in [6.45, 7) is 2.20. The van der Waals surface area contributed by atoms with Crippen LogP contribution in [0.3, 0.4) is 0 Å². The first-order valence-electron chi connectivity index (χ1n) is 5.00. The van der Waals surface area contributed by atoms with Gasteiger partial charge in [-0.25, -0.2) is 0 Å². The van der Waals surface area contributed by atoms with Gasteiger partial charge >= 0.3 is 0 Å². The largest absolute Gasteiger partial charge is 0.0622 e. The maximum Gasteiger partial charge on any atom is 0.0219 e. The Bertz CT molecular complexity index is 434. The van der Waals surface area contributed by atoms with E-state index in [-0.39, 0.29) is 0 Å². The first-order valence-corrected chi connectivity index (χ1v) is 5.79. The second-order valence-corrected chi connectivity index (χ2v) is 4.42. The van der Waals surface area contributed by atoms with Gasteiger partial charge in [-0.1, -0.05) is 65.3 Å². The van der Waals surface area contributed by atoms with Crippen molar-refractivity contribution in [1.82, 2.24) is 0 Å². The summed E-state index contributed by atoms with van der Waals surface area (Å²) in [5, 5.41) is 0. The maximum absolute atomic E-state index is 3.56. The normalized spacial score (nSPS) is 12.4. The summed E-state index contributed by atoms with van der Waals surface area (Å²) >= 11 is 3.56. The number of benzene rings is 2. The zero-order valence-electron chi connectivity index (χ0n) is 8.57. The van der Waals surface area contributed by atoms with E-state index in [9.17, 15) is 0 Å². The molecule has 75 valence electrons. The van der Waals surface area contributed by atoms with Crippen LogP contribution in [0, 0.1) is 6.07 Å². The molecular weight excluding hydrogens is 248 g/mol. The van der Waals surface area contributed by atoms with Crippen molar-refractivity contribution in [3.8, 4) is 0 Å². The van der Waals surface area contributed by atoms with Crippen molar-refractivity contribution < 1.29 is 0 Å². The van der Waals surface area contributed by atoms with Crippen LogP contribution in [0.4, 0.5) is 0 Å². The highest BCUT2D eigenvalue weighted by molar-refractivity contribution is 9.10. The standard InChI is InChI=1S/C14H12Br/c1-11(12-7-3-2-4-8-12)13-9-5-6-10-14(13)15/h2-8,10-11H,1H3. The van der Waals surface area contributed by atoms with Crippen LogP contribution in [-0.4, -0.2) is 0 Å². The molecule has 0 saturated carbocycles. The van der Waals surface area contributed by atoms with E-state index in [1.165, 1.54) is 11.1 Å².